The lowest BCUT2D eigenvalue weighted by atomic mass is 10.1. The number of alkyl halides is 3. The summed E-state index contributed by atoms with van der Waals surface area (Å²) in [5, 5.41) is 1.13. The fourth-order valence-corrected chi connectivity index (χ4v) is 4.89. The molecule has 1 aliphatic heterocycles. The summed E-state index contributed by atoms with van der Waals surface area (Å²) < 4.78 is 40.4. The van der Waals surface area contributed by atoms with Crippen LogP contribution in [-0.2, 0) is 17.5 Å². The fraction of sp³-hybridized carbons (Fsp3) is 0.120. The molecule has 0 fully saturated rings. The van der Waals surface area contributed by atoms with E-state index in [1.54, 1.807) is 28.4 Å². The number of carbonyl (C=O) groups is 1. The first kappa shape index (κ1) is 20.5. The summed E-state index contributed by atoms with van der Waals surface area (Å²) in [7, 11) is 0. The molecule has 0 bridgehead atoms. The lowest BCUT2D eigenvalue weighted by Gasteiger charge is -2.15. The Labute approximate surface area is 186 Å². The lowest BCUT2D eigenvalue weighted by Crippen LogP contribution is -2.29. The highest BCUT2D eigenvalue weighted by atomic mass is 32.1. The van der Waals surface area contributed by atoms with Crippen LogP contribution in [0.25, 0.3) is 10.1 Å². The summed E-state index contributed by atoms with van der Waals surface area (Å²) in [4.78, 5) is 20.3. The maximum Gasteiger partial charge on any atom is 0.416 e. The summed E-state index contributed by atoms with van der Waals surface area (Å²) >= 11 is 1.62. The van der Waals surface area contributed by atoms with Crippen molar-refractivity contribution in [3.8, 4) is 0 Å². The number of anilines is 1. The predicted molar refractivity (Wildman–Crippen MR) is 122 cm³/mol. The number of rotatable bonds is 3. The molecule has 4 aromatic rings. The second-order valence-corrected chi connectivity index (χ2v) is 8.84. The van der Waals surface area contributed by atoms with Crippen molar-refractivity contribution >= 4 is 44.4 Å². The maximum atomic E-state index is 13.3. The fourth-order valence-electron chi connectivity index (χ4n) is 3.86. The van der Waals surface area contributed by atoms with Crippen LogP contribution in [0, 0.1) is 6.92 Å². The number of thiophene rings is 1. The number of nitrogens with zero attached hydrogens (tertiary/aromatic N) is 2. The van der Waals surface area contributed by atoms with Crippen molar-refractivity contribution in [3.05, 3.63) is 94.4 Å². The van der Waals surface area contributed by atoms with Crippen LogP contribution in [0.15, 0.2) is 77.8 Å². The Hall–Kier alpha value is -3.45. The molecule has 3 nitrogen and oxygen atoms in total. The molecule has 1 aliphatic rings. The van der Waals surface area contributed by atoms with Gasteiger partial charge in [0, 0.05) is 15.1 Å². The third-order valence-electron chi connectivity index (χ3n) is 5.35. The van der Waals surface area contributed by atoms with Gasteiger partial charge in [-0.25, -0.2) is 4.99 Å². The van der Waals surface area contributed by atoms with Gasteiger partial charge in [-0.3, -0.25) is 4.79 Å². The molecule has 0 N–H and O–H groups in total. The van der Waals surface area contributed by atoms with Crippen molar-refractivity contribution in [3.63, 3.8) is 0 Å². The molecule has 5 rings (SSSR count). The number of hydrogen-bond donors (Lipinski definition) is 0. The number of aryl methyl sites for hydroxylation is 1. The molecule has 1 amide bonds. The minimum Gasteiger partial charge on any atom is -0.301 e. The normalized spacial score (nSPS) is 15.1. The van der Waals surface area contributed by atoms with Gasteiger partial charge in [0.25, 0.3) is 5.91 Å². The van der Waals surface area contributed by atoms with Gasteiger partial charge in [-0.1, -0.05) is 42.0 Å². The number of hydrogen-bond acceptors (Lipinski definition) is 3. The molecule has 160 valence electrons. The maximum absolute atomic E-state index is 13.3. The van der Waals surface area contributed by atoms with E-state index in [2.05, 4.69) is 29.3 Å². The van der Waals surface area contributed by atoms with E-state index in [4.69, 9.17) is 0 Å². The minimum atomic E-state index is -4.47. The number of benzene rings is 3. The van der Waals surface area contributed by atoms with Gasteiger partial charge in [0.15, 0.2) is 0 Å². The zero-order valence-electron chi connectivity index (χ0n) is 17.0. The first-order valence-corrected chi connectivity index (χ1v) is 10.8. The zero-order valence-corrected chi connectivity index (χ0v) is 17.8. The minimum absolute atomic E-state index is 0.0946. The van der Waals surface area contributed by atoms with Gasteiger partial charge in [0.1, 0.15) is 5.71 Å². The Bertz CT molecular complexity index is 1390. The van der Waals surface area contributed by atoms with Gasteiger partial charge in [-0.15, -0.1) is 11.3 Å². The summed E-state index contributed by atoms with van der Waals surface area (Å²) in [5.74, 6) is -0.322. The van der Waals surface area contributed by atoms with Crippen molar-refractivity contribution in [2.24, 2.45) is 4.99 Å². The quantitative estimate of drug-likeness (QED) is 0.334. The third-order valence-corrected chi connectivity index (χ3v) is 6.45. The molecule has 32 heavy (non-hydrogen) atoms. The van der Waals surface area contributed by atoms with Crippen molar-refractivity contribution in [1.29, 1.82) is 0 Å². The standard InChI is InChI=1S/C25H17F3N2OS/c1-15-9-10-22-16(11-15)12-19(32-22)14-30-21-8-3-2-7-20(21)23(24(30)31)29-18-6-4-5-17(13-18)25(26,27)28/h2-13H,14H2,1H3. The van der Waals surface area contributed by atoms with E-state index < -0.39 is 11.7 Å². The molecule has 0 saturated carbocycles. The second-order valence-electron chi connectivity index (χ2n) is 7.67. The van der Waals surface area contributed by atoms with Crippen LogP contribution in [0.5, 0.6) is 0 Å². The zero-order chi connectivity index (χ0) is 22.5. The molecule has 0 spiro atoms. The molecule has 0 aliphatic carbocycles. The number of carbonyl (C=O) groups excluding carboxylic acids is 1. The number of fused-ring (bicyclic) bond motifs is 2. The van der Waals surface area contributed by atoms with Crippen LogP contribution in [0.4, 0.5) is 24.5 Å². The second kappa shape index (κ2) is 7.60. The first-order valence-electron chi connectivity index (χ1n) is 9.96. The summed E-state index contributed by atoms with van der Waals surface area (Å²) in [6.45, 7) is 2.41. The smallest absolute Gasteiger partial charge is 0.301 e. The molecule has 0 saturated heterocycles. The highest BCUT2D eigenvalue weighted by molar-refractivity contribution is 7.19. The van der Waals surface area contributed by atoms with Gasteiger partial charge in [0.05, 0.1) is 23.5 Å². The van der Waals surface area contributed by atoms with Gasteiger partial charge >= 0.3 is 6.18 Å². The number of para-hydroxylation sites is 1. The Morgan fingerprint density at radius 2 is 1.78 bits per heavy atom. The Morgan fingerprint density at radius 3 is 2.59 bits per heavy atom. The summed E-state index contributed by atoms with van der Waals surface area (Å²) in [5.41, 5.74) is 1.94. The van der Waals surface area contributed by atoms with Crippen molar-refractivity contribution < 1.29 is 18.0 Å². The van der Waals surface area contributed by atoms with Crippen LogP contribution >= 0.6 is 11.3 Å². The van der Waals surface area contributed by atoms with E-state index in [1.807, 2.05) is 19.1 Å². The molecule has 0 unspecified atom stereocenters. The van der Waals surface area contributed by atoms with Gasteiger partial charge in [0.2, 0.25) is 0 Å². The Morgan fingerprint density at radius 1 is 0.969 bits per heavy atom. The van der Waals surface area contributed by atoms with Crippen molar-refractivity contribution in [2.45, 2.75) is 19.6 Å². The molecule has 2 heterocycles. The molecule has 1 aromatic heterocycles. The molecule has 7 heteroatoms. The molecule has 0 atom stereocenters. The molecule has 0 radical (unpaired) electrons. The lowest BCUT2D eigenvalue weighted by molar-refractivity contribution is -0.137. The van der Waals surface area contributed by atoms with Crippen LogP contribution < -0.4 is 4.90 Å². The van der Waals surface area contributed by atoms with Gasteiger partial charge in [-0.2, -0.15) is 13.2 Å². The Kier molecular flexibility index (Phi) is 4.86. The van der Waals surface area contributed by atoms with Gasteiger partial charge in [-0.05, 0) is 48.7 Å². The van der Waals surface area contributed by atoms with Crippen molar-refractivity contribution in [1.82, 2.24) is 0 Å². The molecule has 3 aromatic carbocycles. The SMILES string of the molecule is Cc1ccc2sc(CN3C(=O)C(=Nc4cccc(C(F)(F)F)c4)c4ccccc43)cc2c1. The number of amides is 1. The van der Waals surface area contributed by atoms with E-state index in [-0.39, 0.29) is 17.3 Å². The average molecular weight is 450 g/mol. The first-order chi connectivity index (χ1) is 15.3. The molecular weight excluding hydrogens is 433 g/mol. The third kappa shape index (κ3) is 3.69. The number of aliphatic imine (C=N–C) groups is 1. The molecular formula is C25H17F3N2OS. The topological polar surface area (TPSA) is 32.7 Å². The van der Waals surface area contributed by atoms with Crippen LogP contribution in [-0.4, -0.2) is 11.6 Å². The largest absolute Gasteiger partial charge is 0.416 e. The van der Waals surface area contributed by atoms with E-state index >= 15 is 0 Å². The van der Waals surface area contributed by atoms with E-state index in [1.165, 1.54) is 17.7 Å². The highest BCUT2D eigenvalue weighted by Gasteiger charge is 2.34. The summed E-state index contributed by atoms with van der Waals surface area (Å²) in [6, 6.07) is 20.2. The van der Waals surface area contributed by atoms with Crippen LogP contribution in [0.3, 0.4) is 0 Å². The van der Waals surface area contributed by atoms with Gasteiger partial charge < -0.3 is 4.90 Å². The Balaban J connectivity index is 1.53. The van der Waals surface area contributed by atoms with Crippen LogP contribution in [0.2, 0.25) is 0 Å². The van der Waals surface area contributed by atoms with Crippen molar-refractivity contribution in [2.75, 3.05) is 4.90 Å². The summed E-state index contributed by atoms with van der Waals surface area (Å²) in [6.07, 6.45) is -4.47. The monoisotopic (exact) mass is 450 g/mol. The number of halogens is 3. The highest BCUT2D eigenvalue weighted by Crippen LogP contribution is 2.36. The van der Waals surface area contributed by atoms with Crippen LogP contribution in [0.1, 0.15) is 21.6 Å². The predicted octanol–water partition coefficient (Wildman–Crippen LogP) is 6.90. The average Bonchev–Trinajstić information content (AvgIpc) is 3.27. The van der Waals surface area contributed by atoms with E-state index in [0.717, 1.165) is 27.1 Å². The van der Waals surface area contributed by atoms with E-state index in [0.29, 0.717) is 17.8 Å². The van der Waals surface area contributed by atoms with E-state index in [9.17, 15) is 18.0 Å².